The van der Waals surface area contributed by atoms with E-state index in [1.807, 2.05) is 36.4 Å². The predicted octanol–water partition coefficient (Wildman–Crippen LogP) is 6.14. The van der Waals surface area contributed by atoms with Gasteiger partial charge in [0.05, 0.1) is 18.6 Å². The lowest BCUT2D eigenvalue weighted by atomic mass is 9.58. The number of carbonyl (C=O) groups is 1. The van der Waals surface area contributed by atoms with Crippen LogP contribution in [0.2, 0.25) is 5.02 Å². The van der Waals surface area contributed by atoms with Crippen LogP contribution in [-0.4, -0.2) is 13.1 Å². The van der Waals surface area contributed by atoms with E-state index >= 15 is 0 Å². The van der Waals surface area contributed by atoms with E-state index in [0.29, 0.717) is 27.6 Å². The Hall–Kier alpha value is -3.29. The first-order chi connectivity index (χ1) is 14.3. The zero-order chi connectivity index (χ0) is 21.8. The van der Waals surface area contributed by atoms with Crippen molar-refractivity contribution in [2.75, 3.05) is 7.11 Å². The fourth-order valence-electron chi connectivity index (χ4n) is 3.73. The predicted molar refractivity (Wildman–Crippen MR) is 117 cm³/mol. The molecule has 0 radical (unpaired) electrons. The third kappa shape index (κ3) is 3.77. The number of benzene rings is 3. The number of rotatable bonds is 6. The van der Waals surface area contributed by atoms with E-state index in [-0.39, 0.29) is 0 Å². The number of nitriles is 1. The van der Waals surface area contributed by atoms with Crippen molar-refractivity contribution < 1.29 is 14.3 Å². The van der Waals surface area contributed by atoms with Crippen LogP contribution in [-0.2, 0) is 14.9 Å². The molecule has 0 saturated heterocycles. The van der Waals surface area contributed by atoms with E-state index in [2.05, 4.69) is 6.07 Å². The van der Waals surface area contributed by atoms with Gasteiger partial charge in [-0.25, -0.2) is 0 Å². The number of hydrogen-bond donors (Lipinski definition) is 0. The molecule has 0 aliphatic carbocycles. The highest BCUT2D eigenvalue weighted by atomic mass is 35.5. The average Bonchev–Trinajstić information content (AvgIpc) is 2.76. The van der Waals surface area contributed by atoms with Crippen molar-refractivity contribution in [1.29, 1.82) is 5.26 Å². The van der Waals surface area contributed by atoms with Crippen LogP contribution in [0.15, 0.2) is 78.9 Å². The Labute approximate surface area is 181 Å². The van der Waals surface area contributed by atoms with Gasteiger partial charge in [-0.1, -0.05) is 54.1 Å². The van der Waals surface area contributed by atoms with Gasteiger partial charge in [-0.2, -0.15) is 5.26 Å². The van der Waals surface area contributed by atoms with E-state index in [4.69, 9.17) is 21.1 Å². The summed E-state index contributed by atoms with van der Waals surface area (Å²) in [6, 6.07) is 25.8. The summed E-state index contributed by atoms with van der Waals surface area (Å²) < 4.78 is 11.2. The van der Waals surface area contributed by atoms with Gasteiger partial charge >= 0.3 is 5.97 Å². The highest BCUT2D eigenvalue weighted by Crippen LogP contribution is 2.49. The standard InChI is InChI=1S/C25H22ClNO3/c1-24(2,17-27)25(23(28)29-3,18-12-14-20(26)15-13-18)19-8-7-11-22(16-19)30-21-9-5-4-6-10-21/h4-16H,1-3H3. The van der Waals surface area contributed by atoms with Crippen LogP contribution in [0.1, 0.15) is 25.0 Å². The molecule has 152 valence electrons. The van der Waals surface area contributed by atoms with Crippen molar-refractivity contribution in [2.45, 2.75) is 19.3 Å². The molecule has 0 heterocycles. The number of methoxy groups -OCH3 is 1. The lowest BCUT2D eigenvalue weighted by Gasteiger charge is -2.41. The summed E-state index contributed by atoms with van der Waals surface area (Å²) in [4.78, 5) is 13.3. The van der Waals surface area contributed by atoms with Crippen LogP contribution in [0.5, 0.6) is 11.5 Å². The van der Waals surface area contributed by atoms with Crippen LogP contribution in [0.3, 0.4) is 0 Å². The minimum absolute atomic E-state index is 0.534. The van der Waals surface area contributed by atoms with Gasteiger partial charge < -0.3 is 9.47 Å². The molecule has 3 rings (SSSR count). The molecule has 0 N–H and O–H groups in total. The molecule has 30 heavy (non-hydrogen) atoms. The second-order valence-corrected chi connectivity index (χ2v) is 7.86. The van der Waals surface area contributed by atoms with Crippen molar-refractivity contribution >= 4 is 17.6 Å². The van der Waals surface area contributed by atoms with Crippen LogP contribution >= 0.6 is 11.6 Å². The lowest BCUT2D eigenvalue weighted by molar-refractivity contribution is -0.149. The molecule has 5 heteroatoms. The Morgan fingerprint density at radius 3 is 2.13 bits per heavy atom. The Morgan fingerprint density at radius 2 is 1.53 bits per heavy atom. The van der Waals surface area contributed by atoms with Crippen molar-refractivity contribution in [1.82, 2.24) is 0 Å². The third-order valence-electron chi connectivity index (χ3n) is 5.23. The first-order valence-electron chi connectivity index (χ1n) is 9.44. The Kier molecular flexibility index (Phi) is 6.14. The summed E-state index contributed by atoms with van der Waals surface area (Å²) in [5.74, 6) is 0.687. The summed E-state index contributed by atoms with van der Waals surface area (Å²) in [5.41, 5.74) is -1.32. The number of carbonyl (C=O) groups excluding carboxylic acids is 1. The summed E-state index contributed by atoms with van der Waals surface area (Å²) >= 11 is 6.08. The largest absolute Gasteiger partial charge is 0.468 e. The third-order valence-corrected chi connectivity index (χ3v) is 5.48. The van der Waals surface area contributed by atoms with Gasteiger partial charge in [-0.3, -0.25) is 4.79 Å². The molecule has 1 atom stereocenters. The smallest absolute Gasteiger partial charge is 0.322 e. The van der Waals surface area contributed by atoms with Gasteiger partial charge in [0.2, 0.25) is 0 Å². The summed E-state index contributed by atoms with van der Waals surface area (Å²) in [6.45, 7) is 3.45. The molecule has 0 saturated carbocycles. The molecule has 1 unspecified atom stereocenters. The normalized spacial score (nSPS) is 13.0. The highest BCUT2D eigenvalue weighted by molar-refractivity contribution is 6.30. The minimum Gasteiger partial charge on any atom is -0.468 e. The summed E-state index contributed by atoms with van der Waals surface area (Å²) in [6.07, 6.45) is 0. The maximum absolute atomic E-state index is 13.3. The van der Waals surface area contributed by atoms with Gasteiger partial charge in [0, 0.05) is 5.02 Å². The van der Waals surface area contributed by atoms with E-state index in [1.165, 1.54) is 7.11 Å². The Bertz CT molecular complexity index is 1070. The fraction of sp³-hybridized carbons (Fsp3) is 0.200. The molecule has 0 aliphatic rings. The summed E-state index contributed by atoms with van der Waals surface area (Å²) in [7, 11) is 1.32. The van der Waals surface area contributed by atoms with E-state index in [1.54, 1.807) is 56.3 Å². The topological polar surface area (TPSA) is 59.3 Å². The maximum Gasteiger partial charge on any atom is 0.322 e. The van der Waals surface area contributed by atoms with Crippen molar-refractivity contribution in [2.24, 2.45) is 5.41 Å². The van der Waals surface area contributed by atoms with Gasteiger partial charge in [0.1, 0.15) is 16.9 Å². The zero-order valence-electron chi connectivity index (χ0n) is 17.1. The molecule has 0 fully saturated rings. The Balaban J connectivity index is 2.25. The second-order valence-electron chi connectivity index (χ2n) is 7.43. The second kappa shape index (κ2) is 8.61. The summed E-state index contributed by atoms with van der Waals surface area (Å²) in [5, 5.41) is 10.6. The first kappa shape index (κ1) is 21.4. The van der Waals surface area contributed by atoms with Crippen LogP contribution in [0.25, 0.3) is 0 Å². The molecule has 0 amide bonds. The van der Waals surface area contributed by atoms with Crippen LogP contribution < -0.4 is 4.74 Å². The van der Waals surface area contributed by atoms with Crippen LogP contribution in [0, 0.1) is 16.7 Å². The molecular formula is C25H22ClNO3. The molecule has 3 aromatic rings. The van der Waals surface area contributed by atoms with Crippen molar-refractivity contribution in [3.8, 4) is 17.6 Å². The number of esters is 1. The molecule has 0 bridgehead atoms. The number of halogens is 1. The molecule has 3 aromatic carbocycles. The molecule has 0 spiro atoms. The van der Waals surface area contributed by atoms with E-state index in [9.17, 15) is 10.1 Å². The molecular weight excluding hydrogens is 398 g/mol. The molecule has 0 aromatic heterocycles. The van der Waals surface area contributed by atoms with E-state index in [0.717, 1.165) is 0 Å². The van der Waals surface area contributed by atoms with Gasteiger partial charge in [-0.05, 0) is 61.4 Å². The van der Waals surface area contributed by atoms with Crippen LogP contribution in [0.4, 0.5) is 0 Å². The monoisotopic (exact) mass is 419 g/mol. The van der Waals surface area contributed by atoms with Gasteiger partial charge in [-0.15, -0.1) is 0 Å². The molecule has 4 nitrogen and oxygen atoms in total. The minimum atomic E-state index is -1.39. The fourth-order valence-corrected chi connectivity index (χ4v) is 3.86. The zero-order valence-corrected chi connectivity index (χ0v) is 17.8. The Morgan fingerprint density at radius 1 is 0.900 bits per heavy atom. The number of hydrogen-bond acceptors (Lipinski definition) is 4. The van der Waals surface area contributed by atoms with E-state index < -0.39 is 16.8 Å². The van der Waals surface area contributed by atoms with Crippen molar-refractivity contribution in [3.63, 3.8) is 0 Å². The average molecular weight is 420 g/mol. The number of ether oxygens (including phenoxy) is 2. The first-order valence-corrected chi connectivity index (χ1v) is 9.82. The van der Waals surface area contributed by atoms with Gasteiger partial charge in [0.15, 0.2) is 0 Å². The lowest BCUT2D eigenvalue weighted by Crippen LogP contribution is -2.49. The SMILES string of the molecule is COC(=O)C(c1ccc(Cl)cc1)(c1cccc(Oc2ccccc2)c1)C(C)(C)C#N. The molecule has 0 aliphatic heterocycles. The number of para-hydroxylation sites is 1. The maximum atomic E-state index is 13.3. The number of nitrogens with zero attached hydrogens (tertiary/aromatic N) is 1. The quantitative estimate of drug-likeness (QED) is 0.450. The van der Waals surface area contributed by atoms with Crippen molar-refractivity contribution in [3.05, 3.63) is 95.0 Å². The van der Waals surface area contributed by atoms with Gasteiger partial charge in [0.25, 0.3) is 0 Å². The highest BCUT2D eigenvalue weighted by Gasteiger charge is 2.55.